The maximum atomic E-state index is 14.3. The van der Waals surface area contributed by atoms with Gasteiger partial charge in [0.1, 0.15) is 45.7 Å². The monoisotopic (exact) mass is 482 g/mol. The summed E-state index contributed by atoms with van der Waals surface area (Å²) in [4.78, 5) is 30.9. The van der Waals surface area contributed by atoms with E-state index in [4.69, 9.17) is 17.3 Å². The van der Waals surface area contributed by atoms with Crippen LogP contribution < -0.4 is 11.1 Å². The lowest BCUT2D eigenvalue weighted by atomic mass is 9.77. The lowest BCUT2D eigenvalue weighted by Crippen LogP contribution is -2.33. The molecular formula is C22H20ClFN8O2. The first kappa shape index (κ1) is 22.0. The number of phenols is 1. The van der Waals surface area contributed by atoms with Crippen LogP contribution in [0.3, 0.4) is 0 Å². The van der Waals surface area contributed by atoms with Crippen molar-refractivity contribution in [2.24, 2.45) is 0 Å². The van der Waals surface area contributed by atoms with Gasteiger partial charge < -0.3 is 16.2 Å². The van der Waals surface area contributed by atoms with Gasteiger partial charge in [-0.05, 0) is 37.5 Å². The van der Waals surface area contributed by atoms with E-state index in [1.54, 1.807) is 17.6 Å². The first-order valence-corrected chi connectivity index (χ1v) is 11.0. The molecule has 3 aromatic heterocycles. The summed E-state index contributed by atoms with van der Waals surface area (Å²) < 4.78 is 15.9. The molecule has 12 heteroatoms. The van der Waals surface area contributed by atoms with Gasteiger partial charge in [-0.25, -0.2) is 28.8 Å². The number of nitrogens with zero attached hydrogens (tertiary/aromatic N) is 6. The van der Waals surface area contributed by atoms with Gasteiger partial charge in [0.2, 0.25) is 5.91 Å². The average molecular weight is 483 g/mol. The zero-order valence-corrected chi connectivity index (χ0v) is 19.1. The van der Waals surface area contributed by atoms with Crippen molar-refractivity contribution in [3.05, 3.63) is 52.3 Å². The highest BCUT2D eigenvalue weighted by Gasteiger charge is 2.48. The molecule has 4 aromatic rings. The van der Waals surface area contributed by atoms with E-state index in [0.29, 0.717) is 17.8 Å². The summed E-state index contributed by atoms with van der Waals surface area (Å²) in [5, 5.41) is 16.5. The molecule has 34 heavy (non-hydrogen) atoms. The molecule has 10 nitrogen and oxygen atoms in total. The number of rotatable bonds is 5. The summed E-state index contributed by atoms with van der Waals surface area (Å²) in [6.45, 7) is 3.64. The van der Waals surface area contributed by atoms with Crippen molar-refractivity contribution in [1.29, 1.82) is 0 Å². The molecule has 0 aliphatic carbocycles. The van der Waals surface area contributed by atoms with Gasteiger partial charge in [0.05, 0.1) is 17.5 Å². The highest BCUT2D eigenvalue weighted by atomic mass is 35.5. The first-order chi connectivity index (χ1) is 16.2. The molecule has 0 saturated heterocycles. The van der Waals surface area contributed by atoms with Crippen LogP contribution in [0.5, 0.6) is 5.75 Å². The number of carbonyl (C=O) groups excluding carboxylic acids is 1. The van der Waals surface area contributed by atoms with Crippen LogP contribution in [0, 0.1) is 5.82 Å². The second-order valence-corrected chi connectivity index (χ2v) is 8.61. The number of halogens is 2. The number of aromatic hydroxyl groups is 1. The summed E-state index contributed by atoms with van der Waals surface area (Å²) in [5.74, 6) is -1.45. The molecule has 0 bridgehead atoms. The van der Waals surface area contributed by atoms with Gasteiger partial charge in [-0.1, -0.05) is 24.9 Å². The minimum atomic E-state index is -1.45. The number of amides is 1. The van der Waals surface area contributed by atoms with E-state index in [1.807, 2.05) is 0 Å². The highest BCUT2D eigenvalue weighted by molar-refractivity contribution is 6.32. The van der Waals surface area contributed by atoms with Crippen molar-refractivity contribution in [3.8, 4) is 17.3 Å². The fourth-order valence-corrected chi connectivity index (χ4v) is 4.28. The summed E-state index contributed by atoms with van der Waals surface area (Å²) >= 11 is 5.74. The van der Waals surface area contributed by atoms with Crippen LogP contribution in [0.15, 0.2) is 24.7 Å². The van der Waals surface area contributed by atoms with Crippen molar-refractivity contribution in [3.63, 3.8) is 0 Å². The van der Waals surface area contributed by atoms with Crippen LogP contribution in [0.4, 0.5) is 16.0 Å². The Balaban J connectivity index is 1.65. The summed E-state index contributed by atoms with van der Waals surface area (Å²) in [7, 11) is 0. The predicted molar refractivity (Wildman–Crippen MR) is 123 cm³/mol. The van der Waals surface area contributed by atoms with Crippen LogP contribution in [-0.4, -0.2) is 40.6 Å². The second-order valence-electron chi connectivity index (χ2n) is 8.23. The van der Waals surface area contributed by atoms with Gasteiger partial charge in [0.15, 0.2) is 11.5 Å². The Morgan fingerprint density at radius 3 is 2.82 bits per heavy atom. The lowest BCUT2D eigenvalue weighted by molar-refractivity contribution is -0.119. The van der Waals surface area contributed by atoms with E-state index in [9.17, 15) is 14.3 Å². The molecule has 4 N–H and O–H groups in total. The number of aromatic nitrogens is 6. The zero-order valence-electron chi connectivity index (χ0n) is 18.3. The van der Waals surface area contributed by atoms with Gasteiger partial charge in [-0.15, -0.1) is 0 Å². The Morgan fingerprint density at radius 2 is 2.09 bits per heavy atom. The molecule has 4 heterocycles. The Labute approximate surface area is 198 Å². The number of hydrogen-bond donors (Lipinski definition) is 3. The molecule has 1 aliphatic heterocycles. The quantitative estimate of drug-likeness (QED) is 0.393. The molecule has 5 rings (SSSR count). The third kappa shape index (κ3) is 3.23. The van der Waals surface area contributed by atoms with Crippen LogP contribution in [0.1, 0.15) is 43.5 Å². The molecule has 0 spiro atoms. The van der Waals surface area contributed by atoms with Crippen molar-refractivity contribution >= 4 is 34.8 Å². The van der Waals surface area contributed by atoms with E-state index < -0.39 is 27.9 Å². The third-order valence-corrected chi connectivity index (χ3v) is 6.41. The summed E-state index contributed by atoms with van der Waals surface area (Å²) in [6, 6.07) is 2.32. The number of carbonyl (C=O) groups is 1. The number of hydrogen-bond acceptors (Lipinski definition) is 8. The van der Waals surface area contributed by atoms with Crippen molar-refractivity contribution < 1.29 is 14.3 Å². The van der Waals surface area contributed by atoms with Crippen molar-refractivity contribution in [1.82, 2.24) is 29.5 Å². The molecular weight excluding hydrogens is 463 g/mol. The maximum Gasteiger partial charge on any atom is 0.240 e. The van der Waals surface area contributed by atoms with E-state index in [0.717, 1.165) is 24.6 Å². The number of anilines is 2. The number of nitrogens with one attached hydrogen (secondary N) is 1. The predicted octanol–water partition coefficient (Wildman–Crippen LogP) is 3.26. The number of benzene rings is 1. The molecule has 174 valence electrons. The molecule has 0 saturated carbocycles. The van der Waals surface area contributed by atoms with Gasteiger partial charge in [0.25, 0.3) is 0 Å². The first-order valence-electron chi connectivity index (χ1n) is 10.6. The molecule has 0 fully saturated rings. The maximum absolute atomic E-state index is 14.3. The minimum Gasteiger partial charge on any atom is -0.506 e. The van der Waals surface area contributed by atoms with Gasteiger partial charge in [-0.2, -0.15) is 5.10 Å². The van der Waals surface area contributed by atoms with Crippen molar-refractivity contribution in [2.45, 2.75) is 38.5 Å². The molecule has 0 unspecified atom stereocenters. The number of fused-ring (bicyclic) bond motifs is 2. The number of aryl methyl sites for hydroxylation is 1. The molecule has 1 aliphatic rings. The minimum absolute atomic E-state index is 0.0197. The number of phenolic OH excluding ortho intramolecular Hbond substituents is 1. The standard InChI is InChI=1S/C22H20ClFN8O2/c1-3-4-5-12-20-26-9-27-32(20)8-13(28-12)18-29-17(25)15-19(30-18)31-21(34)22(15,2)10-6-11(24)16(23)14(33)7-10/h6-9,33H,3-5H2,1-2H3,(H3,25,29,30,31,34)/t22-/m1/s1. The Hall–Kier alpha value is -3.86. The Bertz CT molecular complexity index is 1450. The SMILES string of the molecule is CCCCc1nc(-c2nc(N)c3c(n2)NC(=O)[C@]3(C)c2cc(O)c(Cl)c(F)c2)cn2ncnc12. The van der Waals surface area contributed by atoms with E-state index in [2.05, 4.69) is 37.3 Å². The highest BCUT2D eigenvalue weighted by Crippen LogP contribution is 2.46. The van der Waals surface area contributed by atoms with Gasteiger partial charge in [0, 0.05) is 0 Å². The van der Waals surface area contributed by atoms with Crippen LogP contribution in [-0.2, 0) is 16.6 Å². The van der Waals surface area contributed by atoms with Gasteiger partial charge in [-0.3, -0.25) is 4.79 Å². The Morgan fingerprint density at radius 1 is 1.29 bits per heavy atom. The number of nitrogens with two attached hydrogens (primary N) is 1. The fraction of sp³-hybridized carbons (Fsp3) is 0.273. The normalized spacial score (nSPS) is 17.2. The molecule has 0 radical (unpaired) electrons. The van der Waals surface area contributed by atoms with Gasteiger partial charge >= 0.3 is 0 Å². The molecule has 1 aromatic carbocycles. The van der Waals surface area contributed by atoms with Crippen molar-refractivity contribution in [2.75, 3.05) is 11.1 Å². The fourth-order valence-electron chi connectivity index (χ4n) is 4.17. The number of unbranched alkanes of at least 4 members (excludes halogenated alkanes) is 1. The van der Waals surface area contributed by atoms with Crippen LogP contribution >= 0.6 is 11.6 Å². The Kier molecular flexibility index (Phi) is 5.08. The summed E-state index contributed by atoms with van der Waals surface area (Å²) in [5.41, 5.74) is 7.12. The van der Waals surface area contributed by atoms with Crippen LogP contribution in [0.2, 0.25) is 5.02 Å². The van der Waals surface area contributed by atoms with E-state index >= 15 is 0 Å². The van der Waals surface area contributed by atoms with E-state index in [-0.39, 0.29) is 28.6 Å². The largest absolute Gasteiger partial charge is 0.506 e. The second kappa shape index (κ2) is 7.87. The summed E-state index contributed by atoms with van der Waals surface area (Å²) in [6.07, 6.45) is 5.69. The topological polar surface area (TPSA) is 144 Å². The molecule has 1 amide bonds. The average Bonchev–Trinajstić information content (AvgIpc) is 3.38. The smallest absolute Gasteiger partial charge is 0.240 e. The van der Waals surface area contributed by atoms with Crippen LogP contribution in [0.25, 0.3) is 17.2 Å². The van der Waals surface area contributed by atoms with E-state index in [1.165, 1.54) is 12.4 Å². The number of nitrogen functional groups attached to an aromatic ring is 1. The zero-order chi connectivity index (χ0) is 24.2. The molecule has 1 atom stereocenters. The lowest BCUT2D eigenvalue weighted by Gasteiger charge is -2.24. The third-order valence-electron chi connectivity index (χ3n) is 6.04.